The van der Waals surface area contributed by atoms with Crippen LogP contribution in [0, 0.1) is 5.82 Å². The zero-order valence-electron chi connectivity index (χ0n) is 13.3. The summed E-state index contributed by atoms with van der Waals surface area (Å²) in [4.78, 5) is 12.4. The Morgan fingerprint density at radius 3 is 2.62 bits per heavy atom. The maximum Gasteiger partial charge on any atom is 0.274 e. The average Bonchev–Trinajstić information content (AvgIpc) is 2.98. The number of carbonyl (C=O) groups is 1. The van der Waals surface area contributed by atoms with E-state index in [0.29, 0.717) is 17.1 Å². The van der Waals surface area contributed by atoms with E-state index >= 15 is 0 Å². The highest BCUT2D eigenvalue weighted by Crippen LogP contribution is 2.29. The van der Waals surface area contributed by atoms with Gasteiger partial charge in [0.15, 0.2) is 0 Å². The number of hydrogen-bond donors (Lipinski definition) is 1. The Balaban J connectivity index is 1.92. The highest BCUT2D eigenvalue weighted by atomic mass is 19.1. The number of aromatic nitrogens is 2. The number of nitrogens with zero attached hydrogens (tertiary/aromatic N) is 2. The third-order valence-corrected chi connectivity index (χ3v) is 3.62. The van der Waals surface area contributed by atoms with Crippen molar-refractivity contribution in [2.45, 2.75) is 0 Å². The molecule has 0 bridgehead atoms. The fourth-order valence-corrected chi connectivity index (χ4v) is 2.42. The minimum atomic E-state index is -0.488. The molecule has 0 atom stereocenters. The molecule has 1 amide bonds. The van der Waals surface area contributed by atoms with Crippen LogP contribution < -0.4 is 10.1 Å². The van der Waals surface area contributed by atoms with Crippen LogP contribution in [0.1, 0.15) is 10.5 Å². The number of para-hydroxylation sites is 2. The van der Waals surface area contributed by atoms with Gasteiger partial charge in [-0.1, -0.05) is 24.3 Å². The molecule has 0 spiro atoms. The molecule has 0 unspecified atom stereocenters. The van der Waals surface area contributed by atoms with Gasteiger partial charge in [0.2, 0.25) is 0 Å². The molecule has 0 saturated heterocycles. The Morgan fingerprint density at radius 2 is 1.88 bits per heavy atom. The van der Waals surface area contributed by atoms with Crippen molar-refractivity contribution in [2.24, 2.45) is 7.05 Å². The lowest BCUT2D eigenvalue weighted by molar-refractivity contribution is 0.101. The molecule has 6 heteroatoms. The molecule has 5 nitrogen and oxygen atoms in total. The number of benzene rings is 2. The van der Waals surface area contributed by atoms with Gasteiger partial charge in [0.1, 0.15) is 17.3 Å². The largest absolute Gasteiger partial charge is 0.496 e. The van der Waals surface area contributed by atoms with Crippen molar-refractivity contribution in [1.29, 1.82) is 0 Å². The first-order valence-electron chi connectivity index (χ1n) is 7.33. The first kappa shape index (κ1) is 15.7. The molecule has 24 heavy (non-hydrogen) atoms. The Morgan fingerprint density at radius 1 is 1.17 bits per heavy atom. The number of rotatable bonds is 4. The quantitative estimate of drug-likeness (QED) is 0.799. The van der Waals surface area contributed by atoms with Gasteiger partial charge in [-0.15, -0.1) is 0 Å². The Bertz CT molecular complexity index is 889. The molecule has 0 aliphatic heterocycles. The SMILES string of the molecule is COc1ccccc1-c1cc(C(=O)Nc2ccccc2F)n(C)n1. The number of anilines is 1. The third-order valence-electron chi connectivity index (χ3n) is 3.62. The van der Waals surface area contributed by atoms with E-state index in [-0.39, 0.29) is 5.69 Å². The number of halogens is 1. The van der Waals surface area contributed by atoms with Gasteiger partial charge in [-0.3, -0.25) is 9.48 Å². The summed E-state index contributed by atoms with van der Waals surface area (Å²) in [7, 11) is 3.24. The van der Waals surface area contributed by atoms with Gasteiger partial charge in [-0.25, -0.2) is 4.39 Å². The molecule has 1 N–H and O–H groups in total. The molecule has 0 aliphatic rings. The van der Waals surface area contributed by atoms with Crippen molar-refractivity contribution < 1.29 is 13.9 Å². The molecule has 2 aromatic carbocycles. The lowest BCUT2D eigenvalue weighted by Gasteiger charge is -2.05. The number of aryl methyl sites for hydroxylation is 1. The molecule has 122 valence electrons. The van der Waals surface area contributed by atoms with Crippen molar-refractivity contribution in [2.75, 3.05) is 12.4 Å². The minimum Gasteiger partial charge on any atom is -0.496 e. The van der Waals surface area contributed by atoms with Crippen LogP contribution >= 0.6 is 0 Å². The summed E-state index contributed by atoms with van der Waals surface area (Å²) in [6.07, 6.45) is 0. The van der Waals surface area contributed by atoms with Gasteiger partial charge in [-0.2, -0.15) is 5.10 Å². The van der Waals surface area contributed by atoms with Crippen LogP contribution in [0.15, 0.2) is 54.6 Å². The van der Waals surface area contributed by atoms with Gasteiger partial charge in [-0.05, 0) is 30.3 Å². The number of carbonyl (C=O) groups excluding carboxylic acids is 1. The van der Waals surface area contributed by atoms with Crippen molar-refractivity contribution in [1.82, 2.24) is 9.78 Å². The van der Waals surface area contributed by atoms with E-state index in [1.165, 1.54) is 16.8 Å². The van der Waals surface area contributed by atoms with Crippen LogP contribution in [-0.4, -0.2) is 22.8 Å². The van der Waals surface area contributed by atoms with E-state index in [2.05, 4.69) is 10.4 Å². The van der Waals surface area contributed by atoms with Gasteiger partial charge in [0, 0.05) is 12.6 Å². The van der Waals surface area contributed by atoms with E-state index in [4.69, 9.17) is 4.74 Å². The monoisotopic (exact) mass is 325 g/mol. The van der Waals surface area contributed by atoms with Crippen molar-refractivity contribution >= 4 is 11.6 Å². The zero-order valence-corrected chi connectivity index (χ0v) is 13.3. The Kier molecular flexibility index (Phi) is 4.29. The maximum atomic E-state index is 13.7. The number of nitrogens with one attached hydrogen (secondary N) is 1. The molecule has 1 aromatic heterocycles. The first-order chi connectivity index (χ1) is 11.6. The van der Waals surface area contributed by atoms with Crippen molar-refractivity contribution in [3.05, 3.63) is 66.1 Å². The Hall–Kier alpha value is -3.15. The second-order valence-electron chi connectivity index (χ2n) is 5.17. The molecule has 0 radical (unpaired) electrons. The molecule has 3 rings (SSSR count). The maximum absolute atomic E-state index is 13.7. The third kappa shape index (κ3) is 2.99. The van der Waals surface area contributed by atoms with Crippen molar-refractivity contribution in [3.8, 4) is 17.0 Å². The fourth-order valence-electron chi connectivity index (χ4n) is 2.42. The van der Waals surface area contributed by atoms with Crippen LogP contribution in [0.2, 0.25) is 0 Å². The normalized spacial score (nSPS) is 10.5. The zero-order chi connectivity index (χ0) is 17.1. The molecule has 0 saturated carbocycles. The highest BCUT2D eigenvalue weighted by Gasteiger charge is 2.17. The molecule has 0 fully saturated rings. The average molecular weight is 325 g/mol. The lowest BCUT2D eigenvalue weighted by Crippen LogP contribution is -2.16. The van der Waals surface area contributed by atoms with Gasteiger partial charge in [0.25, 0.3) is 5.91 Å². The minimum absolute atomic E-state index is 0.127. The highest BCUT2D eigenvalue weighted by molar-refractivity contribution is 6.03. The summed E-state index contributed by atoms with van der Waals surface area (Å²) in [5.41, 5.74) is 1.83. The van der Waals surface area contributed by atoms with Gasteiger partial charge in [0.05, 0.1) is 18.5 Å². The smallest absolute Gasteiger partial charge is 0.274 e. The van der Waals surface area contributed by atoms with Crippen LogP contribution in [0.3, 0.4) is 0 Å². The lowest BCUT2D eigenvalue weighted by atomic mass is 10.1. The van der Waals surface area contributed by atoms with E-state index in [9.17, 15) is 9.18 Å². The summed E-state index contributed by atoms with van der Waals surface area (Å²) in [6, 6.07) is 15.1. The number of hydrogen-bond acceptors (Lipinski definition) is 3. The second-order valence-corrected chi connectivity index (χ2v) is 5.17. The van der Waals surface area contributed by atoms with E-state index in [0.717, 1.165) is 5.56 Å². The summed E-state index contributed by atoms with van der Waals surface area (Å²) < 4.78 is 20.5. The first-order valence-corrected chi connectivity index (χ1v) is 7.33. The van der Waals surface area contributed by atoms with Crippen molar-refractivity contribution in [3.63, 3.8) is 0 Å². The predicted octanol–water partition coefficient (Wildman–Crippen LogP) is 3.49. The molecular weight excluding hydrogens is 309 g/mol. The summed E-state index contributed by atoms with van der Waals surface area (Å²) in [5, 5.41) is 6.91. The summed E-state index contributed by atoms with van der Waals surface area (Å²) in [5.74, 6) is -0.258. The number of ether oxygens (including phenoxy) is 1. The van der Waals surface area contributed by atoms with Crippen LogP contribution in [0.5, 0.6) is 5.75 Å². The van der Waals surface area contributed by atoms with Gasteiger partial charge >= 0.3 is 0 Å². The van der Waals surface area contributed by atoms with Gasteiger partial charge < -0.3 is 10.1 Å². The van der Waals surface area contributed by atoms with E-state index in [1.54, 1.807) is 32.4 Å². The molecule has 1 heterocycles. The van der Waals surface area contributed by atoms with Crippen LogP contribution in [0.25, 0.3) is 11.3 Å². The summed E-state index contributed by atoms with van der Waals surface area (Å²) in [6.45, 7) is 0. The molecule has 3 aromatic rings. The summed E-state index contributed by atoms with van der Waals surface area (Å²) >= 11 is 0. The van der Waals surface area contributed by atoms with E-state index in [1.807, 2.05) is 24.3 Å². The molecule has 0 aliphatic carbocycles. The topological polar surface area (TPSA) is 56.1 Å². The Labute approximate surface area is 138 Å². The number of methoxy groups -OCH3 is 1. The van der Waals surface area contributed by atoms with Crippen LogP contribution in [-0.2, 0) is 7.05 Å². The standard InChI is InChI=1S/C18H16FN3O2/c1-22-16(18(23)20-14-9-5-4-8-13(14)19)11-15(21-22)12-7-3-6-10-17(12)24-2/h3-11H,1-2H3,(H,20,23). The number of amides is 1. The second kappa shape index (κ2) is 6.54. The fraction of sp³-hybridized carbons (Fsp3) is 0.111. The predicted molar refractivity (Wildman–Crippen MR) is 89.5 cm³/mol. The van der Waals surface area contributed by atoms with Crippen LogP contribution in [0.4, 0.5) is 10.1 Å². The molecular formula is C18H16FN3O2. The van der Waals surface area contributed by atoms with E-state index < -0.39 is 11.7 Å².